The van der Waals surface area contributed by atoms with Crippen molar-refractivity contribution in [3.63, 3.8) is 0 Å². The zero-order valence-corrected chi connectivity index (χ0v) is 15.1. The molecule has 1 atom stereocenters. The summed E-state index contributed by atoms with van der Waals surface area (Å²) in [6.45, 7) is 2.38. The lowest BCUT2D eigenvalue weighted by atomic mass is 10.1. The molecule has 0 bridgehead atoms. The summed E-state index contributed by atoms with van der Waals surface area (Å²) >= 11 is 0. The first-order chi connectivity index (χ1) is 11.8. The summed E-state index contributed by atoms with van der Waals surface area (Å²) in [5.41, 5.74) is 2.44. The van der Waals surface area contributed by atoms with Crippen LogP contribution in [0.25, 0.3) is 0 Å². The van der Waals surface area contributed by atoms with Crippen LogP contribution < -0.4 is 15.4 Å². The average Bonchev–Trinajstić information content (AvgIpc) is 2.54. The lowest BCUT2D eigenvalue weighted by Crippen LogP contribution is -2.38. The molecule has 0 unspecified atom stereocenters. The van der Waals surface area contributed by atoms with E-state index >= 15 is 0 Å². The molecule has 6 nitrogen and oxygen atoms in total. The number of nitrogens with one attached hydrogen (secondary N) is 3. The summed E-state index contributed by atoms with van der Waals surface area (Å²) in [4.78, 5) is 12.0. The van der Waals surface area contributed by atoms with Crippen molar-refractivity contribution in [2.24, 2.45) is 0 Å². The Kier molecular flexibility index (Phi) is 6.41. The monoisotopic (exact) mass is 361 g/mol. The Morgan fingerprint density at radius 2 is 1.80 bits per heavy atom. The molecule has 2 amide bonds. The lowest BCUT2D eigenvalue weighted by Gasteiger charge is -2.16. The Labute approximate surface area is 148 Å². The highest BCUT2D eigenvalue weighted by molar-refractivity contribution is 7.92. The highest BCUT2D eigenvalue weighted by Crippen LogP contribution is 2.18. The Bertz CT molecular complexity index is 807. The number of rotatable bonds is 7. The summed E-state index contributed by atoms with van der Waals surface area (Å²) in [5.74, 6) is 0. The summed E-state index contributed by atoms with van der Waals surface area (Å²) < 4.78 is 25.0. The predicted molar refractivity (Wildman–Crippen MR) is 100 cm³/mol. The second-order valence-corrected chi connectivity index (χ2v) is 7.61. The van der Waals surface area contributed by atoms with E-state index in [4.69, 9.17) is 0 Å². The van der Waals surface area contributed by atoms with Crippen LogP contribution in [-0.2, 0) is 16.4 Å². The standard InChI is InChI=1S/C18H23N3O3S/c1-14(16-9-6-10-17(13-16)21-25(2,23)24)20-18(22)19-12-11-15-7-4-3-5-8-15/h3-10,13-14,21H,11-12H2,1-2H3,(H2,19,20,22)/t14-/m0/s1. The average molecular weight is 361 g/mol. The highest BCUT2D eigenvalue weighted by Gasteiger charge is 2.10. The van der Waals surface area contributed by atoms with Gasteiger partial charge >= 0.3 is 6.03 Å². The minimum Gasteiger partial charge on any atom is -0.338 e. The largest absolute Gasteiger partial charge is 0.338 e. The maximum Gasteiger partial charge on any atom is 0.315 e. The van der Waals surface area contributed by atoms with Gasteiger partial charge in [-0.2, -0.15) is 0 Å². The van der Waals surface area contributed by atoms with Gasteiger partial charge in [-0.05, 0) is 36.6 Å². The third-order valence-corrected chi connectivity index (χ3v) is 4.19. The van der Waals surface area contributed by atoms with Gasteiger partial charge in [0.2, 0.25) is 10.0 Å². The first kappa shape index (κ1) is 18.8. The second kappa shape index (κ2) is 8.53. The quantitative estimate of drug-likeness (QED) is 0.708. The zero-order valence-electron chi connectivity index (χ0n) is 14.3. The van der Waals surface area contributed by atoms with E-state index in [1.54, 1.807) is 18.2 Å². The number of carbonyl (C=O) groups is 1. The van der Waals surface area contributed by atoms with Crippen LogP contribution in [0.3, 0.4) is 0 Å². The van der Waals surface area contributed by atoms with Crippen LogP contribution in [0.5, 0.6) is 0 Å². The van der Waals surface area contributed by atoms with Gasteiger partial charge in [0.25, 0.3) is 0 Å². The van der Waals surface area contributed by atoms with Crippen molar-refractivity contribution < 1.29 is 13.2 Å². The van der Waals surface area contributed by atoms with Crippen LogP contribution >= 0.6 is 0 Å². The zero-order chi connectivity index (χ0) is 18.3. The number of anilines is 1. The number of hydrogen-bond donors (Lipinski definition) is 3. The lowest BCUT2D eigenvalue weighted by molar-refractivity contribution is 0.238. The highest BCUT2D eigenvalue weighted by atomic mass is 32.2. The second-order valence-electron chi connectivity index (χ2n) is 5.86. The molecule has 0 radical (unpaired) electrons. The molecular formula is C18H23N3O3S. The molecule has 0 spiro atoms. The van der Waals surface area contributed by atoms with Crippen molar-refractivity contribution in [1.29, 1.82) is 0 Å². The first-order valence-corrected chi connectivity index (χ1v) is 9.89. The van der Waals surface area contributed by atoms with Gasteiger partial charge in [0.15, 0.2) is 0 Å². The SMILES string of the molecule is C[C@H](NC(=O)NCCc1ccccc1)c1cccc(NS(C)(=O)=O)c1. The Hall–Kier alpha value is -2.54. The first-order valence-electron chi connectivity index (χ1n) is 7.99. The number of carbonyl (C=O) groups excluding carboxylic acids is 1. The predicted octanol–water partition coefficient (Wildman–Crippen LogP) is 2.66. The van der Waals surface area contributed by atoms with Crippen molar-refractivity contribution in [1.82, 2.24) is 10.6 Å². The van der Waals surface area contributed by atoms with E-state index in [9.17, 15) is 13.2 Å². The summed E-state index contributed by atoms with van der Waals surface area (Å²) in [6.07, 6.45) is 1.86. The molecule has 0 aliphatic heterocycles. The van der Waals surface area contributed by atoms with Crippen LogP contribution in [0.15, 0.2) is 54.6 Å². The summed E-state index contributed by atoms with van der Waals surface area (Å²) in [7, 11) is -3.33. The normalized spacial score (nSPS) is 12.2. The molecule has 0 saturated carbocycles. The van der Waals surface area contributed by atoms with Gasteiger partial charge in [0.1, 0.15) is 0 Å². The van der Waals surface area contributed by atoms with E-state index in [0.717, 1.165) is 23.8 Å². The van der Waals surface area contributed by atoms with Gasteiger partial charge in [-0.15, -0.1) is 0 Å². The van der Waals surface area contributed by atoms with Crippen molar-refractivity contribution in [3.8, 4) is 0 Å². The minimum atomic E-state index is -3.33. The fourth-order valence-electron chi connectivity index (χ4n) is 2.38. The number of amides is 2. The van der Waals surface area contributed by atoms with E-state index in [2.05, 4.69) is 15.4 Å². The minimum absolute atomic E-state index is 0.252. The third kappa shape index (κ3) is 6.84. The molecule has 2 rings (SSSR count). The van der Waals surface area contributed by atoms with Crippen LogP contribution in [0, 0.1) is 0 Å². The topological polar surface area (TPSA) is 87.3 Å². The molecule has 0 aliphatic rings. The fourth-order valence-corrected chi connectivity index (χ4v) is 2.94. The molecule has 2 aromatic carbocycles. The molecule has 0 aromatic heterocycles. The van der Waals surface area contributed by atoms with E-state index in [0.29, 0.717) is 12.2 Å². The Morgan fingerprint density at radius 1 is 1.08 bits per heavy atom. The van der Waals surface area contributed by atoms with Crippen LogP contribution in [0.2, 0.25) is 0 Å². The molecule has 0 heterocycles. The van der Waals surface area contributed by atoms with Crippen molar-refractivity contribution >= 4 is 21.7 Å². The fraction of sp³-hybridized carbons (Fsp3) is 0.278. The van der Waals surface area contributed by atoms with Crippen LogP contribution in [0.1, 0.15) is 24.1 Å². The van der Waals surface area contributed by atoms with Gasteiger partial charge in [0, 0.05) is 12.2 Å². The molecule has 2 aromatic rings. The van der Waals surface area contributed by atoms with Crippen molar-refractivity contribution in [2.75, 3.05) is 17.5 Å². The molecule has 0 saturated heterocycles. The van der Waals surface area contributed by atoms with Crippen molar-refractivity contribution in [2.45, 2.75) is 19.4 Å². The molecular weight excluding hydrogens is 338 g/mol. The van der Waals surface area contributed by atoms with E-state index < -0.39 is 10.0 Å². The number of urea groups is 1. The van der Waals surface area contributed by atoms with Gasteiger partial charge in [-0.3, -0.25) is 4.72 Å². The molecule has 25 heavy (non-hydrogen) atoms. The van der Waals surface area contributed by atoms with Gasteiger partial charge in [0.05, 0.1) is 12.3 Å². The van der Waals surface area contributed by atoms with Gasteiger partial charge in [-0.1, -0.05) is 42.5 Å². The van der Waals surface area contributed by atoms with Gasteiger partial charge < -0.3 is 10.6 Å². The van der Waals surface area contributed by atoms with Crippen molar-refractivity contribution in [3.05, 3.63) is 65.7 Å². The summed E-state index contributed by atoms with van der Waals surface area (Å²) in [6, 6.07) is 16.4. The van der Waals surface area contributed by atoms with Crippen LogP contribution in [0.4, 0.5) is 10.5 Å². The third-order valence-electron chi connectivity index (χ3n) is 3.58. The maximum absolute atomic E-state index is 12.0. The molecule has 3 N–H and O–H groups in total. The molecule has 7 heteroatoms. The Balaban J connectivity index is 1.85. The van der Waals surface area contributed by atoms with Gasteiger partial charge in [-0.25, -0.2) is 13.2 Å². The Morgan fingerprint density at radius 3 is 2.48 bits per heavy atom. The molecule has 0 fully saturated rings. The van der Waals surface area contributed by atoms with E-state index in [1.807, 2.05) is 43.3 Å². The van der Waals surface area contributed by atoms with E-state index in [-0.39, 0.29) is 12.1 Å². The molecule has 0 aliphatic carbocycles. The van der Waals surface area contributed by atoms with Crippen LogP contribution in [-0.4, -0.2) is 27.2 Å². The number of hydrogen-bond acceptors (Lipinski definition) is 3. The number of benzene rings is 2. The number of sulfonamides is 1. The maximum atomic E-state index is 12.0. The smallest absolute Gasteiger partial charge is 0.315 e. The summed E-state index contributed by atoms with van der Waals surface area (Å²) in [5, 5.41) is 5.67. The molecule has 134 valence electrons. The van der Waals surface area contributed by atoms with E-state index in [1.165, 1.54) is 0 Å².